The number of hydrogen-bond donors (Lipinski definition) is 1. The molecule has 0 bridgehead atoms. The lowest BCUT2D eigenvalue weighted by Crippen LogP contribution is -2.24. The summed E-state index contributed by atoms with van der Waals surface area (Å²) in [4.78, 5) is 0.178. The molecular weight excluding hydrogens is 229 g/mol. The Morgan fingerprint density at radius 3 is 2.38 bits per heavy atom. The van der Waals surface area contributed by atoms with Crippen LogP contribution < -0.4 is 5.32 Å². The molecule has 1 atom stereocenters. The zero-order valence-corrected chi connectivity index (χ0v) is 10.2. The maximum absolute atomic E-state index is 12.6. The van der Waals surface area contributed by atoms with Crippen LogP contribution in [-0.4, -0.2) is 27.3 Å². The first-order chi connectivity index (χ1) is 7.45. The van der Waals surface area contributed by atoms with Crippen LogP contribution in [0.5, 0.6) is 0 Å². The van der Waals surface area contributed by atoms with E-state index >= 15 is 0 Å². The number of benzene rings is 1. The first-order valence-electron chi connectivity index (χ1n) is 5.11. The zero-order chi connectivity index (χ0) is 12.2. The molecule has 1 unspecified atom stereocenters. The smallest absolute Gasteiger partial charge is 0.178 e. The minimum absolute atomic E-state index is 0.0701. The fourth-order valence-electron chi connectivity index (χ4n) is 1.24. The molecule has 5 heteroatoms. The van der Waals surface area contributed by atoms with Crippen LogP contribution in [0.25, 0.3) is 0 Å². The Bertz CT molecular complexity index is 428. The number of sulfone groups is 1. The van der Waals surface area contributed by atoms with E-state index in [0.717, 1.165) is 12.1 Å². The van der Waals surface area contributed by atoms with Crippen LogP contribution in [0, 0.1) is 5.82 Å². The van der Waals surface area contributed by atoms with E-state index in [1.807, 2.05) is 6.92 Å². The molecule has 0 saturated carbocycles. The van der Waals surface area contributed by atoms with Gasteiger partial charge in [-0.25, -0.2) is 12.8 Å². The van der Waals surface area contributed by atoms with E-state index in [-0.39, 0.29) is 16.7 Å². The Balaban J connectivity index is 2.74. The van der Waals surface area contributed by atoms with Crippen molar-refractivity contribution >= 4 is 9.84 Å². The molecule has 0 aliphatic rings. The Hall–Kier alpha value is -0.940. The Morgan fingerprint density at radius 2 is 1.88 bits per heavy atom. The molecule has 0 aromatic heterocycles. The summed E-state index contributed by atoms with van der Waals surface area (Å²) in [5.74, 6) is -0.358. The average Bonchev–Trinajstić information content (AvgIpc) is 2.26. The van der Waals surface area contributed by atoms with Gasteiger partial charge in [0.25, 0.3) is 0 Å². The molecule has 0 radical (unpaired) electrons. The molecule has 1 N–H and O–H groups in total. The van der Waals surface area contributed by atoms with Gasteiger partial charge in [-0.2, -0.15) is 0 Å². The van der Waals surface area contributed by atoms with Crippen LogP contribution >= 0.6 is 0 Å². The first-order valence-corrected chi connectivity index (χ1v) is 6.76. The maximum Gasteiger partial charge on any atom is 0.178 e. The summed E-state index contributed by atoms with van der Waals surface area (Å²) in [6.45, 7) is 1.92. The van der Waals surface area contributed by atoms with Crippen molar-refractivity contribution in [1.29, 1.82) is 0 Å². The lowest BCUT2D eigenvalue weighted by Gasteiger charge is -2.10. The van der Waals surface area contributed by atoms with Crippen LogP contribution in [0.3, 0.4) is 0 Å². The third-order valence-electron chi connectivity index (χ3n) is 2.49. The highest BCUT2D eigenvalue weighted by atomic mass is 32.2. The minimum atomic E-state index is -3.29. The van der Waals surface area contributed by atoms with Gasteiger partial charge in [-0.1, -0.05) is 0 Å². The Labute approximate surface area is 95.6 Å². The second-order valence-electron chi connectivity index (χ2n) is 3.75. The van der Waals surface area contributed by atoms with Gasteiger partial charge in [-0.05, 0) is 44.7 Å². The van der Waals surface area contributed by atoms with Crippen LogP contribution in [0.2, 0.25) is 0 Å². The molecule has 1 aromatic carbocycles. The van der Waals surface area contributed by atoms with Gasteiger partial charge in [0.15, 0.2) is 9.84 Å². The second-order valence-corrected chi connectivity index (χ2v) is 5.86. The molecule has 1 rings (SSSR count). The predicted molar refractivity (Wildman–Crippen MR) is 61.6 cm³/mol. The topological polar surface area (TPSA) is 46.2 Å². The summed E-state index contributed by atoms with van der Waals surface area (Å²) in [6, 6.07) is 5.07. The Morgan fingerprint density at radius 1 is 1.31 bits per heavy atom. The fraction of sp³-hybridized carbons (Fsp3) is 0.455. The van der Waals surface area contributed by atoms with Gasteiger partial charge in [0, 0.05) is 6.04 Å². The van der Waals surface area contributed by atoms with Crippen LogP contribution in [0.4, 0.5) is 4.39 Å². The van der Waals surface area contributed by atoms with Crippen LogP contribution in [-0.2, 0) is 9.84 Å². The Kier molecular flexibility index (Phi) is 4.44. The van der Waals surface area contributed by atoms with Gasteiger partial charge in [0.2, 0.25) is 0 Å². The van der Waals surface area contributed by atoms with Crippen LogP contribution in [0.15, 0.2) is 29.2 Å². The monoisotopic (exact) mass is 245 g/mol. The SMILES string of the molecule is CNC(C)CCS(=O)(=O)c1ccc(F)cc1. The van der Waals surface area contributed by atoms with E-state index in [4.69, 9.17) is 0 Å². The van der Waals surface area contributed by atoms with E-state index in [1.165, 1.54) is 12.1 Å². The molecule has 16 heavy (non-hydrogen) atoms. The summed E-state index contributed by atoms with van der Waals surface area (Å²) in [6.07, 6.45) is 0.538. The largest absolute Gasteiger partial charge is 0.317 e. The molecule has 3 nitrogen and oxygen atoms in total. The summed E-state index contributed by atoms with van der Waals surface area (Å²) >= 11 is 0. The molecule has 0 amide bonds. The van der Waals surface area contributed by atoms with Crippen molar-refractivity contribution < 1.29 is 12.8 Å². The van der Waals surface area contributed by atoms with Crippen molar-refractivity contribution in [2.45, 2.75) is 24.3 Å². The molecule has 0 saturated heterocycles. The van der Waals surface area contributed by atoms with Crippen molar-refractivity contribution in [3.05, 3.63) is 30.1 Å². The second kappa shape index (κ2) is 5.41. The van der Waals surface area contributed by atoms with E-state index in [1.54, 1.807) is 7.05 Å². The lowest BCUT2D eigenvalue weighted by atomic mass is 10.3. The summed E-state index contributed by atoms with van der Waals surface area (Å²) < 4.78 is 36.3. The predicted octanol–water partition coefficient (Wildman–Crippen LogP) is 1.60. The van der Waals surface area contributed by atoms with Gasteiger partial charge < -0.3 is 5.32 Å². The number of halogens is 1. The van der Waals surface area contributed by atoms with Crippen molar-refractivity contribution in [2.75, 3.05) is 12.8 Å². The number of nitrogens with one attached hydrogen (secondary N) is 1. The van der Waals surface area contributed by atoms with E-state index < -0.39 is 15.7 Å². The van der Waals surface area contributed by atoms with E-state index in [2.05, 4.69) is 5.32 Å². The maximum atomic E-state index is 12.6. The zero-order valence-electron chi connectivity index (χ0n) is 9.40. The number of rotatable bonds is 5. The molecular formula is C11H16FNO2S. The fourth-order valence-corrected chi connectivity index (χ4v) is 2.69. The van der Waals surface area contributed by atoms with Crippen molar-refractivity contribution in [3.8, 4) is 0 Å². The molecule has 1 aromatic rings. The highest BCUT2D eigenvalue weighted by Crippen LogP contribution is 2.13. The normalized spacial score (nSPS) is 13.7. The first kappa shape index (κ1) is 13.1. The molecule has 90 valence electrons. The van der Waals surface area contributed by atoms with Gasteiger partial charge in [-0.15, -0.1) is 0 Å². The quantitative estimate of drug-likeness (QED) is 0.801. The summed E-state index contributed by atoms with van der Waals surface area (Å²) in [5.41, 5.74) is 0. The lowest BCUT2D eigenvalue weighted by molar-refractivity contribution is 0.565. The highest BCUT2D eigenvalue weighted by molar-refractivity contribution is 7.91. The molecule has 0 heterocycles. The van der Waals surface area contributed by atoms with Crippen molar-refractivity contribution in [3.63, 3.8) is 0 Å². The van der Waals surface area contributed by atoms with Gasteiger partial charge >= 0.3 is 0 Å². The average molecular weight is 245 g/mol. The molecule has 0 fully saturated rings. The number of hydrogen-bond acceptors (Lipinski definition) is 3. The standard InChI is InChI=1S/C11H16FNO2S/c1-9(13-2)7-8-16(14,15)11-5-3-10(12)4-6-11/h3-6,9,13H,7-8H2,1-2H3. The highest BCUT2D eigenvalue weighted by Gasteiger charge is 2.15. The molecule has 0 aliphatic carbocycles. The van der Waals surface area contributed by atoms with Gasteiger partial charge in [0.05, 0.1) is 10.6 Å². The van der Waals surface area contributed by atoms with Crippen molar-refractivity contribution in [2.24, 2.45) is 0 Å². The third kappa shape index (κ3) is 3.57. The van der Waals surface area contributed by atoms with E-state index in [9.17, 15) is 12.8 Å². The van der Waals surface area contributed by atoms with Crippen molar-refractivity contribution in [1.82, 2.24) is 5.32 Å². The minimum Gasteiger partial charge on any atom is -0.317 e. The molecule has 0 spiro atoms. The summed E-state index contributed by atoms with van der Waals surface area (Å²) in [5, 5.41) is 2.97. The van der Waals surface area contributed by atoms with E-state index in [0.29, 0.717) is 6.42 Å². The van der Waals surface area contributed by atoms with Crippen LogP contribution in [0.1, 0.15) is 13.3 Å². The van der Waals surface area contributed by atoms with Gasteiger partial charge in [0.1, 0.15) is 5.82 Å². The molecule has 0 aliphatic heterocycles. The van der Waals surface area contributed by atoms with Gasteiger partial charge in [-0.3, -0.25) is 0 Å². The third-order valence-corrected chi connectivity index (χ3v) is 4.25. The summed E-state index contributed by atoms with van der Waals surface area (Å²) in [7, 11) is -1.50.